The zero-order valence-electron chi connectivity index (χ0n) is 33.6. The summed E-state index contributed by atoms with van der Waals surface area (Å²) >= 11 is 0. The SMILES string of the molecule is CCCCC/C=C\C/C=C\C/C=C\C/C=C\CCCCCC(=O)OC[C@H](COP(=O)(O)O)OC(=O)CCC/C=C\C/C=C\C/C=C\C/C=C\CCCCC. The van der Waals surface area contributed by atoms with Gasteiger partial charge < -0.3 is 19.3 Å². The van der Waals surface area contributed by atoms with Gasteiger partial charge in [-0.2, -0.15) is 0 Å². The maximum absolute atomic E-state index is 12.4. The van der Waals surface area contributed by atoms with E-state index < -0.39 is 32.5 Å². The molecule has 0 saturated heterocycles. The first kappa shape index (κ1) is 51.0. The van der Waals surface area contributed by atoms with Crippen LogP contribution in [0.5, 0.6) is 0 Å². The highest BCUT2D eigenvalue weighted by Gasteiger charge is 2.22. The number of hydrogen-bond acceptors (Lipinski definition) is 6. The molecule has 0 spiro atoms. The van der Waals surface area contributed by atoms with Crippen molar-refractivity contribution < 1.29 is 37.9 Å². The molecule has 306 valence electrons. The molecule has 0 unspecified atom stereocenters. The highest BCUT2D eigenvalue weighted by atomic mass is 31.2. The van der Waals surface area contributed by atoms with E-state index in [9.17, 15) is 14.2 Å². The van der Waals surface area contributed by atoms with Gasteiger partial charge in [0.15, 0.2) is 6.10 Å². The Morgan fingerprint density at radius 2 is 0.852 bits per heavy atom. The lowest BCUT2D eigenvalue weighted by molar-refractivity contribution is -0.161. The lowest BCUT2D eigenvalue weighted by Crippen LogP contribution is -2.29. The van der Waals surface area contributed by atoms with Gasteiger partial charge >= 0.3 is 19.8 Å². The van der Waals surface area contributed by atoms with Crippen LogP contribution in [0.25, 0.3) is 0 Å². The van der Waals surface area contributed by atoms with Crippen molar-refractivity contribution in [3.8, 4) is 0 Å². The Balaban J connectivity index is 4.12. The number of carbonyl (C=O) groups is 2. The minimum atomic E-state index is -4.78. The van der Waals surface area contributed by atoms with E-state index in [4.69, 9.17) is 19.3 Å². The Bertz CT molecular complexity index is 1190. The number of hydrogen-bond donors (Lipinski definition) is 2. The maximum Gasteiger partial charge on any atom is 0.469 e. The molecule has 2 N–H and O–H groups in total. The Kier molecular flexibility index (Phi) is 37.4. The first-order chi connectivity index (χ1) is 26.3. The van der Waals surface area contributed by atoms with E-state index in [2.05, 4.69) is 103 Å². The number of ether oxygens (including phenoxy) is 2. The van der Waals surface area contributed by atoms with E-state index in [0.29, 0.717) is 19.3 Å². The van der Waals surface area contributed by atoms with Crippen LogP contribution in [0.15, 0.2) is 97.2 Å². The smallest absolute Gasteiger partial charge is 0.462 e. The minimum Gasteiger partial charge on any atom is -0.462 e. The fraction of sp³-hybridized carbons (Fsp3) is 0.600. The van der Waals surface area contributed by atoms with Gasteiger partial charge in [-0.1, -0.05) is 143 Å². The maximum atomic E-state index is 12.4. The summed E-state index contributed by atoms with van der Waals surface area (Å²) in [5.74, 6) is -0.997. The van der Waals surface area contributed by atoms with Crippen molar-refractivity contribution in [2.24, 2.45) is 0 Å². The van der Waals surface area contributed by atoms with Gasteiger partial charge in [0.2, 0.25) is 0 Å². The molecule has 0 aromatic heterocycles. The van der Waals surface area contributed by atoms with Crippen molar-refractivity contribution in [3.63, 3.8) is 0 Å². The van der Waals surface area contributed by atoms with Crippen molar-refractivity contribution in [1.82, 2.24) is 0 Å². The first-order valence-electron chi connectivity index (χ1n) is 20.5. The molecule has 0 saturated carbocycles. The average molecular weight is 773 g/mol. The third-order valence-corrected chi connectivity index (χ3v) is 8.56. The second-order valence-corrected chi connectivity index (χ2v) is 14.5. The van der Waals surface area contributed by atoms with Crippen LogP contribution in [0.2, 0.25) is 0 Å². The number of allylic oxidation sites excluding steroid dienone is 16. The van der Waals surface area contributed by atoms with Gasteiger partial charge in [-0.25, -0.2) is 4.57 Å². The van der Waals surface area contributed by atoms with Crippen LogP contribution >= 0.6 is 7.82 Å². The van der Waals surface area contributed by atoms with Gasteiger partial charge in [0.05, 0.1) is 6.61 Å². The van der Waals surface area contributed by atoms with Gasteiger partial charge in [-0.15, -0.1) is 0 Å². The first-order valence-corrected chi connectivity index (χ1v) is 22.1. The topological polar surface area (TPSA) is 119 Å². The van der Waals surface area contributed by atoms with E-state index in [1.807, 2.05) is 12.2 Å². The quantitative estimate of drug-likeness (QED) is 0.0280. The van der Waals surface area contributed by atoms with E-state index >= 15 is 0 Å². The van der Waals surface area contributed by atoms with Crippen molar-refractivity contribution in [2.75, 3.05) is 13.2 Å². The van der Waals surface area contributed by atoms with Crippen molar-refractivity contribution in [1.29, 1.82) is 0 Å². The molecule has 1 atom stereocenters. The third kappa shape index (κ3) is 41.7. The summed E-state index contributed by atoms with van der Waals surface area (Å²) in [6.07, 6.45) is 54.1. The lowest BCUT2D eigenvalue weighted by atomic mass is 10.1. The number of phosphoric ester groups is 1. The van der Waals surface area contributed by atoms with Gasteiger partial charge in [0, 0.05) is 12.8 Å². The summed E-state index contributed by atoms with van der Waals surface area (Å²) in [5, 5.41) is 0. The van der Waals surface area contributed by atoms with Gasteiger partial charge in [0.25, 0.3) is 0 Å². The molecule has 0 bridgehead atoms. The largest absolute Gasteiger partial charge is 0.469 e. The van der Waals surface area contributed by atoms with E-state index in [-0.39, 0.29) is 19.4 Å². The highest BCUT2D eigenvalue weighted by Crippen LogP contribution is 2.36. The summed E-state index contributed by atoms with van der Waals surface area (Å²) < 4.78 is 26.3. The van der Waals surface area contributed by atoms with E-state index in [1.165, 1.54) is 44.9 Å². The number of carbonyl (C=O) groups excluding carboxylic acids is 2. The molecular weight excluding hydrogens is 699 g/mol. The van der Waals surface area contributed by atoms with Crippen LogP contribution in [0.1, 0.15) is 155 Å². The molecule has 0 aliphatic carbocycles. The second-order valence-electron chi connectivity index (χ2n) is 13.2. The molecule has 0 amide bonds. The summed E-state index contributed by atoms with van der Waals surface area (Å²) in [6, 6.07) is 0. The Labute approximate surface area is 328 Å². The van der Waals surface area contributed by atoms with Gasteiger partial charge in [-0.3, -0.25) is 14.1 Å². The minimum absolute atomic E-state index is 0.123. The fourth-order valence-electron chi connectivity index (χ4n) is 4.99. The molecule has 8 nitrogen and oxygen atoms in total. The van der Waals surface area contributed by atoms with Crippen LogP contribution in [-0.2, 0) is 28.2 Å². The van der Waals surface area contributed by atoms with Crippen molar-refractivity contribution in [2.45, 2.75) is 161 Å². The number of phosphoric acid groups is 1. The zero-order valence-corrected chi connectivity index (χ0v) is 34.5. The molecule has 0 aromatic rings. The Hall–Kier alpha value is -3.03. The summed E-state index contributed by atoms with van der Waals surface area (Å²) in [4.78, 5) is 42.8. The molecule has 9 heteroatoms. The molecule has 0 radical (unpaired) electrons. The standard InChI is InChI=1S/C45H73O8P/c1-3-5-7-9-11-13-15-17-19-21-22-24-25-27-29-31-33-35-37-39-44(46)51-41-43(42-52-54(48,49)50)53-45(47)40-38-36-34-32-30-28-26-23-20-18-16-14-12-10-8-6-4-2/h11-14,17-20,22,24,26-29,32,34,43H,3-10,15-16,21,23,25,30-31,33,35-42H2,1-2H3,(H2,48,49,50)/b13-11-,14-12-,19-17-,20-18-,24-22-,28-26-,29-27-,34-32-/t43-/m1/s1. The molecule has 0 aromatic carbocycles. The highest BCUT2D eigenvalue weighted by molar-refractivity contribution is 7.46. The van der Waals surface area contributed by atoms with Crippen molar-refractivity contribution >= 4 is 19.8 Å². The Morgan fingerprint density at radius 1 is 0.481 bits per heavy atom. The van der Waals surface area contributed by atoms with Gasteiger partial charge in [0.1, 0.15) is 6.61 Å². The second kappa shape index (κ2) is 39.7. The predicted octanol–water partition coefficient (Wildman–Crippen LogP) is 12.6. The normalized spacial score (nSPS) is 13.5. The molecular formula is C45H73O8P. The average Bonchev–Trinajstić information content (AvgIpc) is 3.14. The predicted molar refractivity (Wildman–Crippen MR) is 225 cm³/mol. The molecule has 0 heterocycles. The molecule has 54 heavy (non-hydrogen) atoms. The zero-order chi connectivity index (χ0) is 39.6. The lowest BCUT2D eigenvalue weighted by Gasteiger charge is -2.18. The monoisotopic (exact) mass is 773 g/mol. The number of unbranched alkanes of at least 4 members (excludes halogenated alkanes) is 10. The van der Waals surface area contributed by atoms with Crippen LogP contribution in [0.3, 0.4) is 0 Å². The van der Waals surface area contributed by atoms with Crippen LogP contribution in [0.4, 0.5) is 0 Å². The number of esters is 2. The number of rotatable bonds is 36. The van der Waals surface area contributed by atoms with E-state index in [0.717, 1.165) is 64.2 Å². The van der Waals surface area contributed by atoms with Crippen molar-refractivity contribution in [3.05, 3.63) is 97.2 Å². The van der Waals surface area contributed by atoms with Crippen LogP contribution in [-0.4, -0.2) is 41.0 Å². The van der Waals surface area contributed by atoms with Crippen LogP contribution in [0, 0.1) is 0 Å². The van der Waals surface area contributed by atoms with Gasteiger partial charge in [-0.05, 0) is 96.3 Å². The van der Waals surface area contributed by atoms with E-state index in [1.54, 1.807) is 0 Å². The molecule has 0 fully saturated rings. The summed E-state index contributed by atoms with van der Waals surface area (Å²) in [5.41, 5.74) is 0. The molecule has 0 aliphatic rings. The Morgan fingerprint density at radius 3 is 1.26 bits per heavy atom. The third-order valence-electron chi connectivity index (χ3n) is 8.08. The molecule has 0 rings (SSSR count). The fourth-order valence-corrected chi connectivity index (χ4v) is 5.35. The summed E-state index contributed by atoms with van der Waals surface area (Å²) in [6.45, 7) is 3.54. The van der Waals surface area contributed by atoms with Crippen LogP contribution < -0.4 is 0 Å². The summed E-state index contributed by atoms with van der Waals surface area (Å²) in [7, 11) is -4.78. The molecule has 0 aliphatic heterocycles.